The van der Waals surface area contributed by atoms with Crippen LogP contribution in [-0.2, 0) is 11.2 Å². The summed E-state index contributed by atoms with van der Waals surface area (Å²) < 4.78 is 0. The molecule has 0 aromatic carbocycles. The third-order valence-corrected chi connectivity index (χ3v) is 6.21. The van der Waals surface area contributed by atoms with Gasteiger partial charge >= 0.3 is 0 Å². The third kappa shape index (κ3) is 3.38. The Labute approximate surface area is 146 Å². The van der Waals surface area contributed by atoms with Crippen LogP contribution in [0, 0.1) is 19.8 Å². The molecule has 0 spiro atoms. The van der Waals surface area contributed by atoms with Gasteiger partial charge in [-0.1, -0.05) is 13.3 Å². The van der Waals surface area contributed by atoms with Gasteiger partial charge in [-0.25, -0.2) is 4.98 Å². The summed E-state index contributed by atoms with van der Waals surface area (Å²) in [4.78, 5) is 36.0. The number of amides is 1. The van der Waals surface area contributed by atoms with Crippen molar-refractivity contribution in [3.8, 4) is 0 Å². The van der Waals surface area contributed by atoms with Crippen LogP contribution in [-0.4, -0.2) is 33.9 Å². The van der Waals surface area contributed by atoms with Gasteiger partial charge in [0.05, 0.1) is 5.39 Å². The summed E-state index contributed by atoms with van der Waals surface area (Å²) in [5.74, 6) is 1.43. The molecule has 2 aromatic rings. The highest BCUT2D eigenvalue weighted by Crippen LogP contribution is 2.26. The Morgan fingerprint density at radius 3 is 2.96 bits per heavy atom. The number of nitrogens with zero attached hydrogens (tertiary/aromatic N) is 2. The molecule has 3 heterocycles. The zero-order chi connectivity index (χ0) is 17.3. The highest BCUT2D eigenvalue weighted by Gasteiger charge is 2.22. The molecule has 1 aliphatic rings. The fourth-order valence-electron chi connectivity index (χ4n) is 3.43. The number of aromatic amines is 1. The van der Waals surface area contributed by atoms with Gasteiger partial charge in [-0.3, -0.25) is 9.59 Å². The number of nitrogens with one attached hydrogen (secondary N) is 1. The van der Waals surface area contributed by atoms with Crippen molar-refractivity contribution in [3.63, 3.8) is 0 Å². The van der Waals surface area contributed by atoms with Gasteiger partial charge in [-0.15, -0.1) is 11.3 Å². The molecule has 1 aliphatic heterocycles. The number of rotatable bonds is 4. The summed E-state index contributed by atoms with van der Waals surface area (Å²) >= 11 is 1.55. The van der Waals surface area contributed by atoms with Gasteiger partial charge in [0.1, 0.15) is 10.7 Å². The van der Waals surface area contributed by atoms with Crippen LogP contribution in [0.1, 0.15) is 48.9 Å². The van der Waals surface area contributed by atoms with Crippen LogP contribution < -0.4 is 5.56 Å². The summed E-state index contributed by atoms with van der Waals surface area (Å²) in [6.45, 7) is 7.89. The zero-order valence-corrected chi connectivity index (χ0v) is 15.5. The second-order valence-electron chi connectivity index (χ2n) is 6.73. The number of thiophene rings is 1. The van der Waals surface area contributed by atoms with Gasteiger partial charge in [0.2, 0.25) is 5.91 Å². The lowest BCUT2D eigenvalue weighted by Gasteiger charge is -2.32. The predicted octanol–water partition coefficient (Wildman–Crippen LogP) is 3.18. The van der Waals surface area contributed by atoms with E-state index in [-0.39, 0.29) is 11.5 Å². The van der Waals surface area contributed by atoms with E-state index in [1.54, 1.807) is 11.3 Å². The molecule has 1 saturated heterocycles. The second-order valence-corrected chi connectivity index (χ2v) is 7.94. The van der Waals surface area contributed by atoms with Crippen LogP contribution in [0.3, 0.4) is 0 Å². The van der Waals surface area contributed by atoms with Crippen molar-refractivity contribution in [2.45, 2.75) is 52.9 Å². The van der Waals surface area contributed by atoms with Crippen LogP contribution in [0.2, 0.25) is 0 Å². The lowest BCUT2D eigenvalue weighted by molar-refractivity contribution is -0.133. The van der Waals surface area contributed by atoms with Gasteiger partial charge in [0.25, 0.3) is 5.56 Å². The maximum Gasteiger partial charge on any atom is 0.259 e. The van der Waals surface area contributed by atoms with Gasteiger partial charge in [0, 0.05) is 30.8 Å². The first-order chi connectivity index (χ1) is 11.5. The molecule has 1 amide bonds. The molecule has 0 aliphatic carbocycles. The standard InChI is InChI=1S/C18H25N3O2S/c1-4-13-6-5-9-21(10-13)15(22)8-7-14-19-17(23)16-11(2)12(3)24-18(16)20-14/h13H,4-10H2,1-3H3,(H,19,20,23). The number of carbonyl (C=O) groups is 1. The summed E-state index contributed by atoms with van der Waals surface area (Å²) in [6, 6.07) is 0. The van der Waals surface area contributed by atoms with Crippen molar-refractivity contribution in [1.82, 2.24) is 14.9 Å². The number of fused-ring (bicyclic) bond motifs is 1. The highest BCUT2D eigenvalue weighted by molar-refractivity contribution is 7.18. The van der Waals surface area contributed by atoms with Crippen LogP contribution >= 0.6 is 11.3 Å². The third-order valence-electron chi connectivity index (χ3n) is 5.11. The Morgan fingerprint density at radius 2 is 2.21 bits per heavy atom. The number of piperidine rings is 1. The van der Waals surface area contributed by atoms with E-state index < -0.39 is 0 Å². The minimum absolute atomic E-state index is 0.0895. The quantitative estimate of drug-likeness (QED) is 0.924. The van der Waals surface area contributed by atoms with E-state index in [2.05, 4.69) is 16.9 Å². The molecular formula is C18H25N3O2S. The minimum Gasteiger partial charge on any atom is -0.342 e. The smallest absolute Gasteiger partial charge is 0.259 e. The summed E-state index contributed by atoms with van der Waals surface area (Å²) in [5.41, 5.74) is 0.915. The van der Waals surface area contributed by atoms with Crippen molar-refractivity contribution < 1.29 is 4.79 Å². The van der Waals surface area contributed by atoms with E-state index in [9.17, 15) is 9.59 Å². The maximum atomic E-state index is 12.4. The van der Waals surface area contributed by atoms with E-state index in [1.165, 1.54) is 6.42 Å². The monoisotopic (exact) mass is 347 g/mol. The summed E-state index contributed by atoms with van der Waals surface area (Å²) in [7, 11) is 0. The van der Waals surface area contributed by atoms with Crippen molar-refractivity contribution >= 4 is 27.5 Å². The van der Waals surface area contributed by atoms with E-state index >= 15 is 0 Å². The fourth-order valence-corrected chi connectivity index (χ4v) is 4.47. The average molecular weight is 347 g/mol. The van der Waals surface area contributed by atoms with Gasteiger partial charge in [-0.05, 0) is 38.2 Å². The normalized spacial score (nSPS) is 18.3. The lowest BCUT2D eigenvalue weighted by atomic mass is 9.95. The largest absolute Gasteiger partial charge is 0.342 e. The fraction of sp³-hybridized carbons (Fsp3) is 0.611. The first-order valence-electron chi connectivity index (χ1n) is 8.76. The van der Waals surface area contributed by atoms with Crippen LogP contribution in [0.5, 0.6) is 0 Å². The minimum atomic E-state index is -0.0895. The Balaban J connectivity index is 1.69. The number of aromatic nitrogens is 2. The van der Waals surface area contributed by atoms with Crippen molar-refractivity contribution in [3.05, 3.63) is 26.6 Å². The molecule has 130 valence electrons. The highest BCUT2D eigenvalue weighted by atomic mass is 32.1. The number of aryl methyl sites for hydroxylation is 3. The van der Waals surface area contributed by atoms with Crippen molar-refractivity contribution in [2.24, 2.45) is 5.92 Å². The van der Waals surface area contributed by atoms with E-state index in [4.69, 9.17) is 0 Å². The Kier molecular flexibility index (Phi) is 5.04. The second kappa shape index (κ2) is 7.05. The first kappa shape index (κ1) is 17.1. The number of hydrogen-bond donors (Lipinski definition) is 1. The Bertz CT molecular complexity index is 808. The Hall–Kier alpha value is -1.69. The molecule has 5 nitrogen and oxygen atoms in total. The Morgan fingerprint density at radius 1 is 1.42 bits per heavy atom. The van der Waals surface area contributed by atoms with Crippen molar-refractivity contribution in [1.29, 1.82) is 0 Å². The molecule has 24 heavy (non-hydrogen) atoms. The maximum absolute atomic E-state index is 12.4. The average Bonchev–Trinajstić information content (AvgIpc) is 2.87. The molecular weight excluding hydrogens is 322 g/mol. The predicted molar refractivity (Wildman–Crippen MR) is 97.6 cm³/mol. The molecule has 1 atom stereocenters. The molecule has 1 unspecified atom stereocenters. The SMILES string of the molecule is CCC1CCCN(C(=O)CCc2nc3sc(C)c(C)c3c(=O)[nH]2)C1. The topological polar surface area (TPSA) is 66.1 Å². The zero-order valence-electron chi connectivity index (χ0n) is 14.6. The molecule has 1 N–H and O–H groups in total. The molecule has 0 saturated carbocycles. The van der Waals surface area contributed by atoms with Gasteiger partial charge in [0.15, 0.2) is 0 Å². The van der Waals surface area contributed by atoms with E-state index in [1.807, 2.05) is 18.7 Å². The molecule has 1 fully saturated rings. The lowest BCUT2D eigenvalue weighted by Crippen LogP contribution is -2.39. The van der Waals surface area contributed by atoms with Crippen molar-refractivity contribution in [2.75, 3.05) is 13.1 Å². The van der Waals surface area contributed by atoms with Crippen LogP contribution in [0.15, 0.2) is 4.79 Å². The summed E-state index contributed by atoms with van der Waals surface area (Å²) in [6.07, 6.45) is 4.36. The number of hydrogen-bond acceptors (Lipinski definition) is 4. The summed E-state index contributed by atoms with van der Waals surface area (Å²) in [5, 5.41) is 0.689. The van der Waals surface area contributed by atoms with Gasteiger partial charge < -0.3 is 9.88 Å². The van der Waals surface area contributed by atoms with Crippen LogP contribution in [0.4, 0.5) is 0 Å². The molecule has 6 heteroatoms. The molecule has 2 aromatic heterocycles. The van der Waals surface area contributed by atoms with Crippen LogP contribution in [0.25, 0.3) is 10.2 Å². The number of carbonyl (C=O) groups excluding carboxylic acids is 1. The first-order valence-corrected chi connectivity index (χ1v) is 9.58. The molecule has 0 bridgehead atoms. The van der Waals surface area contributed by atoms with E-state index in [0.29, 0.717) is 30.0 Å². The van der Waals surface area contributed by atoms with Gasteiger partial charge in [-0.2, -0.15) is 0 Å². The molecule has 3 rings (SSSR count). The van der Waals surface area contributed by atoms with E-state index in [0.717, 1.165) is 41.2 Å². The number of likely N-dealkylation sites (tertiary alicyclic amines) is 1. The molecule has 0 radical (unpaired) electrons. The number of H-pyrrole nitrogens is 1.